The molecule has 0 saturated carbocycles. The third kappa shape index (κ3) is 2.67. The van der Waals surface area contributed by atoms with Crippen LogP contribution in [0, 0.1) is 11.3 Å². The predicted octanol–water partition coefficient (Wildman–Crippen LogP) is 1.78. The van der Waals surface area contributed by atoms with E-state index in [1.807, 2.05) is 6.07 Å². The third-order valence-electron chi connectivity index (χ3n) is 2.64. The second-order valence-electron chi connectivity index (χ2n) is 4.04. The van der Waals surface area contributed by atoms with Crippen LogP contribution in [-0.4, -0.2) is 14.5 Å². The van der Waals surface area contributed by atoms with Gasteiger partial charge in [-0.05, 0) is 19.1 Å². The Bertz CT molecular complexity index is 763. The Morgan fingerprint density at radius 2 is 1.84 bits per heavy atom. The van der Waals surface area contributed by atoms with Crippen LogP contribution in [-0.2, 0) is 10.0 Å². The smallest absolute Gasteiger partial charge is 0.238 e. The van der Waals surface area contributed by atoms with E-state index in [2.05, 4.69) is 0 Å². The van der Waals surface area contributed by atoms with E-state index in [1.165, 1.54) is 12.1 Å². The summed E-state index contributed by atoms with van der Waals surface area (Å²) in [6.45, 7) is 1.61. The first-order valence-electron chi connectivity index (χ1n) is 5.54. The number of nitrogens with zero attached hydrogens (tertiary/aromatic N) is 1. The Hall–Kier alpha value is -2.10. The number of sulfonamides is 1. The van der Waals surface area contributed by atoms with Crippen molar-refractivity contribution < 1.29 is 13.2 Å². The third-order valence-corrected chi connectivity index (χ3v) is 3.61. The van der Waals surface area contributed by atoms with Crippen LogP contribution in [0.5, 0.6) is 5.75 Å². The maximum Gasteiger partial charge on any atom is 0.238 e. The zero-order valence-electron chi connectivity index (χ0n) is 10.2. The summed E-state index contributed by atoms with van der Waals surface area (Å²) in [6, 6.07) is 11.7. The molecule has 0 aliphatic rings. The monoisotopic (exact) mass is 276 g/mol. The number of hydrogen-bond donors (Lipinski definition) is 1. The Morgan fingerprint density at radius 3 is 2.42 bits per heavy atom. The van der Waals surface area contributed by atoms with Gasteiger partial charge in [-0.1, -0.05) is 24.3 Å². The van der Waals surface area contributed by atoms with Gasteiger partial charge in [-0.15, -0.1) is 0 Å². The molecule has 0 aromatic heterocycles. The van der Waals surface area contributed by atoms with Crippen molar-refractivity contribution >= 4 is 20.8 Å². The largest absolute Gasteiger partial charge is 0.475 e. The number of hydrogen-bond acceptors (Lipinski definition) is 4. The lowest BCUT2D eigenvalue weighted by Gasteiger charge is -2.12. The van der Waals surface area contributed by atoms with Crippen LogP contribution in [0.15, 0.2) is 41.3 Å². The van der Waals surface area contributed by atoms with Crippen LogP contribution >= 0.6 is 0 Å². The summed E-state index contributed by atoms with van der Waals surface area (Å²) in [4.78, 5) is 0.0417. The van der Waals surface area contributed by atoms with Crippen LogP contribution in [0.25, 0.3) is 10.8 Å². The maximum absolute atomic E-state index is 11.5. The molecule has 1 unspecified atom stereocenters. The van der Waals surface area contributed by atoms with Crippen molar-refractivity contribution in [2.75, 3.05) is 0 Å². The summed E-state index contributed by atoms with van der Waals surface area (Å²) in [5.74, 6) is 0.456. The van der Waals surface area contributed by atoms with E-state index in [0.29, 0.717) is 16.5 Å². The highest BCUT2D eigenvalue weighted by Crippen LogP contribution is 2.30. The minimum atomic E-state index is -3.80. The Morgan fingerprint density at radius 1 is 1.21 bits per heavy atom. The molecule has 98 valence electrons. The molecule has 2 aromatic rings. The van der Waals surface area contributed by atoms with Crippen molar-refractivity contribution in [1.29, 1.82) is 5.26 Å². The summed E-state index contributed by atoms with van der Waals surface area (Å²) in [6.07, 6.45) is -0.622. The van der Waals surface area contributed by atoms with Gasteiger partial charge in [0.1, 0.15) is 11.8 Å². The van der Waals surface area contributed by atoms with Crippen molar-refractivity contribution in [2.45, 2.75) is 17.9 Å². The van der Waals surface area contributed by atoms with Gasteiger partial charge in [-0.3, -0.25) is 0 Å². The Labute approximate surface area is 111 Å². The van der Waals surface area contributed by atoms with Crippen LogP contribution in [0.3, 0.4) is 0 Å². The van der Waals surface area contributed by atoms with Gasteiger partial charge in [0.2, 0.25) is 10.0 Å². The van der Waals surface area contributed by atoms with Crippen LogP contribution in [0.1, 0.15) is 6.92 Å². The molecule has 0 bridgehead atoms. The van der Waals surface area contributed by atoms with Gasteiger partial charge in [0.05, 0.1) is 4.90 Å². The number of benzene rings is 2. The predicted molar refractivity (Wildman–Crippen MR) is 71.0 cm³/mol. The minimum Gasteiger partial charge on any atom is -0.475 e. The molecule has 0 fully saturated rings. The number of rotatable bonds is 3. The van der Waals surface area contributed by atoms with Crippen molar-refractivity contribution in [3.63, 3.8) is 0 Å². The number of primary sulfonamides is 1. The number of nitrogens with two attached hydrogens (primary N) is 1. The van der Waals surface area contributed by atoms with Crippen LogP contribution in [0.4, 0.5) is 0 Å². The average molecular weight is 276 g/mol. The van der Waals surface area contributed by atoms with Gasteiger partial charge in [0, 0.05) is 10.8 Å². The van der Waals surface area contributed by atoms with E-state index in [9.17, 15) is 8.42 Å². The van der Waals surface area contributed by atoms with E-state index in [0.717, 1.165) is 0 Å². The fraction of sp³-hybridized carbons (Fsp3) is 0.154. The molecule has 0 spiro atoms. The number of ether oxygens (including phenoxy) is 1. The molecule has 1 atom stereocenters. The summed E-state index contributed by atoms with van der Waals surface area (Å²) in [5, 5.41) is 15.0. The molecule has 2 N–H and O–H groups in total. The molecule has 0 aliphatic carbocycles. The minimum absolute atomic E-state index is 0.0417. The van der Waals surface area contributed by atoms with E-state index in [1.54, 1.807) is 31.2 Å². The van der Waals surface area contributed by atoms with Gasteiger partial charge < -0.3 is 4.74 Å². The number of fused-ring (bicyclic) bond motifs is 1. The first-order chi connectivity index (χ1) is 8.93. The SMILES string of the molecule is CC(C#N)Oc1ccc(S(N)(=O)=O)c2ccccc12. The fourth-order valence-electron chi connectivity index (χ4n) is 1.81. The first-order valence-corrected chi connectivity index (χ1v) is 7.09. The van der Waals surface area contributed by atoms with Crippen LogP contribution in [0.2, 0.25) is 0 Å². The van der Waals surface area contributed by atoms with Gasteiger partial charge >= 0.3 is 0 Å². The van der Waals surface area contributed by atoms with Crippen molar-refractivity contribution in [3.05, 3.63) is 36.4 Å². The van der Waals surface area contributed by atoms with Crippen molar-refractivity contribution in [3.8, 4) is 11.8 Å². The molecular weight excluding hydrogens is 264 g/mol. The summed E-state index contributed by atoms with van der Waals surface area (Å²) < 4.78 is 28.5. The van der Waals surface area contributed by atoms with Gasteiger partial charge in [0.15, 0.2) is 6.10 Å². The Balaban J connectivity index is 2.69. The lowest BCUT2D eigenvalue weighted by molar-refractivity contribution is 0.280. The molecule has 6 heteroatoms. The Kier molecular flexibility index (Phi) is 3.42. The molecule has 0 aliphatic heterocycles. The molecule has 5 nitrogen and oxygen atoms in total. The highest BCUT2D eigenvalue weighted by Gasteiger charge is 2.15. The number of nitriles is 1. The molecular formula is C13H12N2O3S. The van der Waals surface area contributed by atoms with Gasteiger partial charge in [0.25, 0.3) is 0 Å². The zero-order chi connectivity index (χ0) is 14.0. The lowest BCUT2D eigenvalue weighted by Crippen LogP contribution is -2.13. The zero-order valence-corrected chi connectivity index (χ0v) is 11.0. The summed E-state index contributed by atoms with van der Waals surface area (Å²) in [7, 11) is -3.80. The second kappa shape index (κ2) is 4.88. The molecule has 19 heavy (non-hydrogen) atoms. The lowest BCUT2D eigenvalue weighted by atomic mass is 10.1. The fourth-order valence-corrected chi connectivity index (χ4v) is 2.55. The second-order valence-corrected chi connectivity index (χ2v) is 5.57. The molecule has 2 aromatic carbocycles. The molecule has 0 amide bonds. The molecule has 0 saturated heterocycles. The first kappa shape index (κ1) is 13.3. The normalized spacial score (nSPS) is 12.9. The highest BCUT2D eigenvalue weighted by atomic mass is 32.2. The van der Waals surface area contributed by atoms with Crippen LogP contribution < -0.4 is 9.88 Å². The van der Waals surface area contributed by atoms with Crippen molar-refractivity contribution in [1.82, 2.24) is 0 Å². The molecule has 0 radical (unpaired) electrons. The topological polar surface area (TPSA) is 93.2 Å². The summed E-state index contributed by atoms with van der Waals surface area (Å²) >= 11 is 0. The van der Waals surface area contributed by atoms with Gasteiger partial charge in [-0.2, -0.15) is 5.26 Å². The highest BCUT2D eigenvalue weighted by molar-refractivity contribution is 7.89. The van der Waals surface area contributed by atoms with E-state index in [4.69, 9.17) is 15.1 Å². The van der Waals surface area contributed by atoms with E-state index >= 15 is 0 Å². The average Bonchev–Trinajstić information content (AvgIpc) is 2.37. The van der Waals surface area contributed by atoms with Gasteiger partial charge in [-0.25, -0.2) is 13.6 Å². The summed E-state index contributed by atoms with van der Waals surface area (Å²) in [5.41, 5.74) is 0. The van der Waals surface area contributed by atoms with Crippen molar-refractivity contribution in [2.24, 2.45) is 5.14 Å². The quantitative estimate of drug-likeness (QED) is 0.924. The van der Waals surface area contributed by atoms with E-state index in [-0.39, 0.29) is 4.90 Å². The van der Waals surface area contributed by atoms with E-state index < -0.39 is 16.1 Å². The molecule has 0 heterocycles. The standard InChI is InChI=1S/C13H12N2O3S/c1-9(8-14)18-12-6-7-13(19(15,16)17)11-5-3-2-4-10(11)12/h2-7,9H,1H3,(H2,15,16,17). The maximum atomic E-state index is 11.5. The molecule has 2 rings (SSSR count).